The van der Waals surface area contributed by atoms with Crippen LogP contribution in [0.3, 0.4) is 0 Å². The fraction of sp³-hybridized carbons (Fsp3) is 0.730. The van der Waals surface area contributed by atoms with Crippen LogP contribution in [-0.2, 0) is 24.0 Å². The van der Waals surface area contributed by atoms with Crippen molar-refractivity contribution >= 4 is 35.3 Å². The average Bonchev–Trinajstić information content (AvgIpc) is 4.03. The summed E-state index contributed by atoms with van der Waals surface area (Å²) in [5, 5.41) is 8.63. The zero-order chi connectivity index (χ0) is 36.0. The summed E-state index contributed by atoms with van der Waals surface area (Å²) < 4.78 is 0. The molecular weight excluding hydrogens is 638 g/mol. The molecule has 5 amide bonds. The Morgan fingerprint density at radius 1 is 0.960 bits per heavy atom. The summed E-state index contributed by atoms with van der Waals surface area (Å²) >= 11 is 0. The van der Waals surface area contributed by atoms with Crippen LogP contribution in [0.5, 0.6) is 0 Å². The highest BCUT2D eigenvalue weighted by Gasteiger charge is 2.66. The molecule has 13 heteroatoms. The minimum absolute atomic E-state index is 0.0166. The van der Waals surface area contributed by atoms with Gasteiger partial charge in [0.2, 0.25) is 23.5 Å². The maximum absolute atomic E-state index is 15.0. The number of nitrogens with one attached hydrogen (secondary N) is 3. The van der Waals surface area contributed by atoms with Crippen molar-refractivity contribution in [1.29, 1.82) is 0 Å². The van der Waals surface area contributed by atoms with Crippen LogP contribution < -0.4 is 16.0 Å². The normalized spacial score (nSPS) is 25.9. The molecule has 0 radical (unpaired) electrons. The van der Waals surface area contributed by atoms with Gasteiger partial charge in [0.05, 0.1) is 17.8 Å². The van der Waals surface area contributed by atoms with Gasteiger partial charge in [-0.1, -0.05) is 66.7 Å². The first-order valence-electron chi connectivity index (χ1n) is 18.6. The zero-order valence-electron chi connectivity index (χ0n) is 30.1. The number of hydrogen-bond donors (Lipinski definition) is 3. The quantitative estimate of drug-likeness (QED) is 0.222. The molecule has 0 aromatic carbocycles. The lowest BCUT2D eigenvalue weighted by Gasteiger charge is -2.63. The summed E-state index contributed by atoms with van der Waals surface area (Å²) in [6, 6.07) is -3.51. The van der Waals surface area contributed by atoms with Gasteiger partial charge in [-0.2, -0.15) is 0 Å². The predicted molar refractivity (Wildman–Crippen MR) is 183 cm³/mol. The predicted octanol–water partition coefficient (Wildman–Crippen LogP) is 2.54. The van der Waals surface area contributed by atoms with Crippen LogP contribution in [0.4, 0.5) is 0 Å². The van der Waals surface area contributed by atoms with Crippen molar-refractivity contribution in [1.82, 2.24) is 35.7 Å². The molecule has 3 N–H and O–H groups in total. The summed E-state index contributed by atoms with van der Waals surface area (Å²) in [6.45, 7) is 10.2. The molecule has 1 aromatic rings. The lowest BCUT2D eigenvalue weighted by Crippen LogP contribution is -2.83. The van der Waals surface area contributed by atoms with E-state index in [-0.39, 0.29) is 41.3 Å². The van der Waals surface area contributed by atoms with Crippen molar-refractivity contribution in [2.45, 2.75) is 141 Å². The minimum Gasteiger partial charge on any atom is -0.347 e. The number of carbonyl (C=O) groups is 6. The molecule has 272 valence electrons. The van der Waals surface area contributed by atoms with Gasteiger partial charge in [0, 0.05) is 25.0 Å². The third-order valence-electron chi connectivity index (χ3n) is 11.5. The maximum atomic E-state index is 15.0. The average molecular weight is 692 g/mol. The summed E-state index contributed by atoms with van der Waals surface area (Å²) in [6.07, 6.45) is 12.8. The molecule has 2 aliphatic heterocycles. The van der Waals surface area contributed by atoms with E-state index in [1.54, 1.807) is 9.80 Å². The Hall–Kier alpha value is -3.90. The van der Waals surface area contributed by atoms with Gasteiger partial charge in [0.25, 0.3) is 11.8 Å². The van der Waals surface area contributed by atoms with E-state index in [0.717, 1.165) is 44.9 Å². The van der Waals surface area contributed by atoms with E-state index in [0.29, 0.717) is 32.2 Å². The van der Waals surface area contributed by atoms with E-state index in [2.05, 4.69) is 25.9 Å². The van der Waals surface area contributed by atoms with E-state index in [1.165, 1.54) is 18.6 Å². The Morgan fingerprint density at radius 3 is 2.24 bits per heavy atom. The van der Waals surface area contributed by atoms with Crippen molar-refractivity contribution in [3.63, 3.8) is 0 Å². The maximum Gasteiger partial charge on any atom is 0.289 e. The van der Waals surface area contributed by atoms with Gasteiger partial charge in [0.1, 0.15) is 23.8 Å². The van der Waals surface area contributed by atoms with Gasteiger partial charge in [-0.15, -0.1) is 0 Å². The number of nitrogens with zero attached hydrogens (tertiary/aromatic N) is 4. The van der Waals surface area contributed by atoms with Gasteiger partial charge in [-0.3, -0.25) is 33.8 Å². The first kappa shape index (κ1) is 35.9. The van der Waals surface area contributed by atoms with Crippen LogP contribution in [0.2, 0.25) is 0 Å². The number of amides is 5. The van der Waals surface area contributed by atoms with E-state index in [9.17, 15) is 28.8 Å². The van der Waals surface area contributed by atoms with Gasteiger partial charge >= 0.3 is 0 Å². The first-order chi connectivity index (χ1) is 23.7. The zero-order valence-corrected chi connectivity index (χ0v) is 30.1. The number of Topliss-reactive ketones (excluding diaryl/α,β-unsaturated/α-hetero) is 1. The highest BCUT2D eigenvalue weighted by Crippen LogP contribution is 2.49. The second-order valence-electron chi connectivity index (χ2n) is 16.7. The molecule has 3 saturated carbocycles. The van der Waals surface area contributed by atoms with Crippen LogP contribution in [0.25, 0.3) is 0 Å². The van der Waals surface area contributed by atoms with Crippen molar-refractivity contribution in [2.75, 3.05) is 6.54 Å². The summed E-state index contributed by atoms with van der Waals surface area (Å²) in [7, 11) is 0. The monoisotopic (exact) mass is 691 g/mol. The molecule has 13 nitrogen and oxygen atoms in total. The third-order valence-corrected chi connectivity index (χ3v) is 11.5. The number of likely N-dealkylation sites (tertiary alicyclic amines) is 2. The highest BCUT2D eigenvalue weighted by molar-refractivity contribution is 6.38. The Labute approximate surface area is 294 Å². The fourth-order valence-electron chi connectivity index (χ4n) is 8.50. The molecule has 3 heterocycles. The molecule has 5 atom stereocenters. The number of rotatable bonds is 12. The second-order valence-corrected chi connectivity index (χ2v) is 16.7. The Bertz CT molecular complexity index is 1490. The van der Waals surface area contributed by atoms with Gasteiger partial charge in [0.15, 0.2) is 0 Å². The Morgan fingerprint density at radius 2 is 1.66 bits per heavy atom. The van der Waals surface area contributed by atoms with Crippen LogP contribution in [0.15, 0.2) is 18.6 Å². The summed E-state index contributed by atoms with van der Waals surface area (Å²) in [5.74, 6) is -2.70. The van der Waals surface area contributed by atoms with E-state index in [1.807, 2.05) is 34.6 Å². The van der Waals surface area contributed by atoms with Crippen LogP contribution in [-0.4, -0.2) is 97.4 Å². The molecule has 6 rings (SSSR count). The standard InChI is InChI=1S/C37H53N7O6/c1-21(2)24-13-18-43(27(24)32(47)41-25(19-22-9-10-22)28(45)33(48)40-23-11-12-23)35(50)30(36(3,4)5)44-34(49)29(37(44)14-7-6-8-15-37)42-31(46)26-20-38-16-17-39-26/h16-17,20-25,27,29-30H,6-15,18-19H2,1-5H3,(H,40,48)(H,41,47)(H,42,46)/t24-,25?,27+,29-,30-/m1/s1. The second kappa shape index (κ2) is 14.0. The lowest BCUT2D eigenvalue weighted by molar-refractivity contribution is -0.187. The largest absolute Gasteiger partial charge is 0.347 e. The van der Waals surface area contributed by atoms with Gasteiger partial charge < -0.3 is 25.8 Å². The van der Waals surface area contributed by atoms with Gasteiger partial charge in [-0.05, 0) is 61.7 Å². The molecule has 0 bridgehead atoms. The topological polar surface area (TPSA) is 171 Å². The molecule has 1 spiro atoms. The molecule has 50 heavy (non-hydrogen) atoms. The number of carbonyl (C=O) groups excluding carboxylic acids is 6. The molecule has 5 fully saturated rings. The summed E-state index contributed by atoms with van der Waals surface area (Å²) in [4.78, 5) is 94.3. The third kappa shape index (κ3) is 7.14. The Balaban J connectivity index is 1.27. The van der Waals surface area contributed by atoms with Gasteiger partial charge in [-0.25, -0.2) is 4.98 Å². The van der Waals surface area contributed by atoms with E-state index in [4.69, 9.17) is 0 Å². The summed E-state index contributed by atoms with van der Waals surface area (Å²) in [5.41, 5.74) is -1.35. The molecule has 2 saturated heterocycles. The van der Waals surface area contributed by atoms with Crippen molar-refractivity contribution in [3.05, 3.63) is 24.3 Å². The van der Waals surface area contributed by atoms with Crippen molar-refractivity contribution in [2.24, 2.45) is 23.2 Å². The lowest BCUT2D eigenvalue weighted by atomic mass is 9.65. The first-order valence-corrected chi connectivity index (χ1v) is 18.6. The SMILES string of the molecule is CC(C)[C@H]1CCN(C(=O)[C@@H](N2C(=O)[C@@H](NC(=O)c3cnccn3)C23CCCCC3)C(C)(C)C)[C@@H]1C(=O)NC(CC1CC1)C(=O)C(=O)NC1CC1. The van der Waals surface area contributed by atoms with Crippen LogP contribution in [0, 0.1) is 23.2 Å². The van der Waals surface area contributed by atoms with Crippen LogP contribution in [0.1, 0.15) is 116 Å². The Kier molecular flexibility index (Phi) is 10.1. The molecule has 1 unspecified atom stereocenters. The van der Waals surface area contributed by atoms with E-state index < -0.39 is 58.6 Å². The molecule has 3 aliphatic carbocycles. The van der Waals surface area contributed by atoms with Crippen LogP contribution >= 0.6 is 0 Å². The van der Waals surface area contributed by atoms with Crippen molar-refractivity contribution < 1.29 is 28.8 Å². The van der Waals surface area contributed by atoms with Crippen molar-refractivity contribution in [3.8, 4) is 0 Å². The number of ketones is 1. The minimum atomic E-state index is -0.960. The van der Waals surface area contributed by atoms with E-state index >= 15 is 0 Å². The molecule has 1 aromatic heterocycles. The number of hydrogen-bond acceptors (Lipinski definition) is 8. The fourth-order valence-corrected chi connectivity index (χ4v) is 8.50. The number of aromatic nitrogens is 2. The smallest absolute Gasteiger partial charge is 0.289 e. The molecular formula is C37H53N7O6. The number of β-lactam (4-membered cyclic amide) rings is 1. The molecule has 5 aliphatic rings. The highest BCUT2D eigenvalue weighted by atomic mass is 16.2.